The average molecular weight is 202 g/mol. The van der Waals surface area contributed by atoms with Gasteiger partial charge in [0.25, 0.3) is 0 Å². The van der Waals surface area contributed by atoms with Crippen molar-refractivity contribution in [2.45, 2.75) is 60.5 Å². The van der Waals surface area contributed by atoms with E-state index in [0.717, 1.165) is 10.5 Å². The maximum absolute atomic E-state index is 5.64. The molecular weight excluding hydrogens is 176 g/mol. The lowest BCUT2D eigenvalue weighted by Gasteiger charge is -2.30. The predicted octanol–water partition coefficient (Wildman–Crippen LogP) is 2.52. The van der Waals surface area contributed by atoms with Crippen LogP contribution < -0.4 is 0 Å². The topological polar surface area (TPSA) is 9.23 Å². The van der Waals surface area contributed by atoms with Crippen molar-refractivity contribution >= 4 is 10.5 Å². The summed E-state index contributed by atoms with van der Waals surface area (Å²) in [6.07, 6.45) is 2.81. The van der Waals surface area contributed by atoms with Crippen molar-refractivity contribution in [2.24, 2.45) is 10.8 Å². The zero-order valence-electron chi connectivity index (χ0n) is 10.4. The summed E-state index contributed by atoms with van der Waals surface area (Å²) in [4.78, 5) is 0. The fraction of sp³-hybridized carbons (Fsp3) is 1.00. The van der Waals surface area contributed by atoms with Gasteiger partial charge in [-0.05, 0) is 23.7 Å². The van der Waals surface area contributed by atoms with Gasteiger partial charge in [-0.15, -0.1) is 0 Å². The van der Waals surface area contributed by atoms with Gasteiger partial charge in [0.2, 0.25) is 0 Å². The second-order valence-corrected chi connectivity index (χ2v) is 6.86. The van der Waals surface area contributed by atoms with E-state index < -0.39 is 0 Å². The van der Waals surface area contributed by atoms with Crippen LogP contribution in [-0.2, 0) is 4.43 Å². The van der Waals surface area contributed by atoms with Crippen molar-refractivity contribution in [3.05, 3.63) is 0 Å². The van der Waals surface area contributed by atoms with Gasteiger partial charge in [-0.2, -0.15) is 0 Å². The van der Waals surface area contributed by atoms with Gasteiger partial charge >= 0.3 is 0 Å². The summed E-state index contributed by atoms with van der Waals surface area (Å²) >= 11 is 0. The van der Waals surface area contributed by atoms with Crippen molar-refractivity contribution in [3.63, 3.8) is 0 Å². The lowest BCUT2D eigenvalue weighted by molar-refractivity contribution is 0.111. The minimum Gasteiger partial charge on any atom is -0.425 e. The zero-order chi connectivity index (χ0) is 10.7. The molecule has 0 saturated heterocycles. The monoisotopic (exact) mass is 202 g/mol. The van der Waals surface area contributed by atoms with E-state index in [0.29, 0.717) is 16.9 Å². The number of hydrogen-bond acceptors (Lipinski definition) is 1. The molecule has 0 fully saturated rings. The molecule has 0 amide bonds. The molecule has 80 valence electrons. The minimum atomic E-state index is 0.389. The Morgan fingerprint density at radius 3 is 1.38 bits per heavy atom. The molecule has 0 N–H and O–H groups in total. The Kier molecular flexibility index (Phi) is 4.67. The highest BCUT2D eigenvalue weighted by Gasteiger charge is 2.22. The molecule has 0 aromatic carbocycles. The Morgan fingerprint density at radius 1 is 0.923 bits per heavy atom. The van der Waals surface area contributed by atoms with Crippen LogP contribution in [0.5, 0.6) is 0 Å². The number of hydrogen-bond donors (Lipinski definition) is 0. The second-order valence-electron chi connectivity index (χ2n) is 6.39. The maximum atomic E-state index is 5.64. The molecule has 13 heavy (non-hydrogen) atoms. The van der Waals surface area contributed by atoms with Crippen LogP contribution in [0.1, 0.15) is 54.4 Å². The molecule has 0 aliphatic carbocycles. The summed E-state index contributed by atoms with van der Waals surface area (Å²) in [5.41, 5.74) is 0.778. The van der Waals surface area contributed by atoms with Crippen LogP contribution >= 0.6 is 0 Å². The summed E-state index contributed by atoms with van der Waals surface area (Å²) in [7, 11) is 0.859. The van der Waals surface area contributed by atoms with E-state index in [9.17, 15) is 0 Å². The molecule has 1 nitrogen and oxygen atoms in total. The molecule has 0 aromatic rings. The second kappa shape index (κ2) is 4.60. The zero-order valence-corrected chi connectivity index (χ0v) is 12.4. The third-order valence-corrected chi connectivity index (χ3v) is 2.68. The first kappa shape index (κ1) is 13.2. The Bertz CT molecular complexity index is 125. The van der Waals surface area contributed by atoms with E-state index in [2.05, 4.69) is 41.5 Å². The molecule has 0 unspecified atom stereocenters. The van der Waals surface area contributed by atoms with Crippen molar-refractivity contribution in [2.75, 3.05) is 0 Å². The van der Waals surface area contributed by atoms with Crippen LogP contribution in [0.4, 0.5) is 0 Å². The minimum absolute atomic E-state index is 0.389. The molecule has 0 spiro atoms. The molecule has 0 heterocycles. The van der Waals surface area contributed by atoms with Crippen LogP contribution in [0.2, 0.25) is 0 Å². The predicted molar refractivity (Wildman–Crippen MR) is 63.0 cm³/mol. The van der Waals surface area contributed by atoms with E-state index in [1.54, 1.807) is 0 Å². The lowest BCUT2D eigenvalue weighted by Crippen LogP contribution is -2.25. The molecule has 2 heteroatoms. The molecule has 0 aromatic heterocycles. The highest BCUT2D eigenvalue weighted by Crippen LogP contribution is 2.29. The van der Waals surface area contributed by atoms with Crippen LogP contribution in [0, 0.1) is 10.8 Å². The van der Waals surface area contributed by atoms with Crippen molar-refractivity contribution < 1.29 is 4.43 Å². The molecular formula is C11H26OSi. The van der Waals surface area contributed by atoms with Gasteiger partial charge in [0.05, 0.1) is 0 Å². The van der Waals surface area contributed by atoms with Gasteiger partial charge in [0.15, 0.2) is 0 Å². The first-order valence-corrected chi connectivity index (χ1v) is 5.98. The van der Waals surface area contributed by atoms with Crippen LogP contribution in [-0.4, -0.2) is 16.6 Å². The Balaban J connectivity index is 4.05. The van der Waals surface area contributed by atoms with Gasteiger partial charge in [-0.1, -0.05) is 41.5 Å². The molecule has 0 aliphatic heterocycles. The highest BCUT2D eigenvalue weighted by molar-refractivity contribution is 5.98. The lowest BCUT2D eigenvalue weighted by atomic mass is 9.82. The third-order valence-electron chi connectivity index (χ3n) is 2.01. The van der Waals surface area contributed by atoms with Crippen LogP contribution in [0.25, 0.3) is 0 Å². The first-order chi connectivity index (χ1) is 5.64. The Hall–Kier alpha value is 0.177. The molecule has 0 radical (unpaired) electrons. The van der Waals surface area contributed by atoms with E-state index in [4.69, 9.17) is 4.43 Å². The quantitative estimate of drug-likeness (QED) is 0.639. The molecule has 0 rings (SSSR count). The van der Waals surface area contributed by atoms with Gasteiger partial charge < -0.3 is 4.43 Å². The summed E-state index contributed by atoms with van der Waals surface area (Å²) in [6, 6.07) is 0. The van der Waals surface area contributed by atoms with Gasteiger partial charge in [-0.25, -0.2) is 0 Å². The van der Waals surface area contributed by atoms with Gasteiger partial charge in [0.1, 0.15) is 10.5 Å². The van der Waals surface area contributed by atoms with Crippen molar-refractivity contribution in [3.8, 4) is 0 Å². The summed E-state index contributed by atoms with van der Waals surface area (Å²) in [5, 5.41) is 0. The first-order valence-electron chi connectivity index (χ1n) is 5.17. The number of rotatable bonds is 3. The molecule has 0 atom stereocenters. The largest absolute Gasteiger partial charge is 0.425 e. The van der Waals surface area contributed by atoms with E-state index in [1.165, 1.54) is 12.8 Å². The van der Waals surface area contributed by atoms with Crippen LogP contribution in [0.3, 0.4) is 0 Å². The normalized spacial score (nSPS) is 14.1. The van der Waals surface area contributed by atoms with Crippen LogP contribution in [0.15, 0.2) is 0 Å². The average Bonchev–Trinajstić information content (AvgIpc) is 1.79. The summed E-state index contributed by atoms with van der Waals surface area (Å²) in [6.45, 7) is 13.7. The van der Waals surface area contributed by atoms with E-state index >= 15 is 0 Å². The SMILES string of the molecule is CC(C)(C)CC(CC(C)(C)C)O[SiH3]. The van der Waals surface area contributed by atoms with E-state index in [1.807, 2.05) is 0 Å². The molecule has 0 aliphatic rings. The Morgan fingerprint density at radius 2 is 1.23 bits per heavy atom. The Labute approximate surface area is 86.8 Å². The standard InChI is InChI=1S/C11H26OSi/c1-10(2,3)7-9(12-13)8-11(4,5)6/h9H,7-8H2,1-6,13H3. The van der Waals surface area contributed by atoms with E-state index in [-0.39, 0.29) is 0 Å². The molecule has 0 bridgehead atoms. The van der Waals surface area contributed by atoms with Crippen molar-refractivity contribution in [1.29, 1.82) is 0 Å². The van der Waals surface area contributed by atoms with Crippen molar-refractivity contribution in [1.82, 2.24) is 0 Å². The summed E-state index contributed by atoms with van der Waals surface area (Å²) < 4.78 is 5.64. The maximum Gasteiger partial charge on any atom is 0.146 e. The summed E-state index contributed by atoms with van der Waals surface area (Å²) in [5.74, 6) is 0. The molecule has 0 saturated carbocycles. The highest BCUT2D eigenvalue weighted by atomic mass is 28.2. The fourth-order valence-electron chi connectivity index (χ4n) is 1.60. The fourth-order valence-corrected chi connectivity index (χ4v) is 1.94. The third kappa shape index (κ3) is 8.51. The van der Waals surface area contributed by atoms with Gasteiger partial charge in [0, 0.05) is 6.10 Å². The van der Waals surface area contributed by atoms with Gasteiger partial charge in [-0.3, -0.25) is 0 Å². The smallest absolute Gasteiger partial charge is 0.146 e.